The molecule has 0 spiro atoms. The molecule has 6 heteroatoms. The van der Waals surface area contributed by atoms with E-state index in [2.05, 4.69) is 41.6 Å². The van der Waals surface area contributed by atoms with E-state index < -0.39 is 11.4 Å². The third-order valence-corrected chi connectivity index (χ3v) is 6.65. The van der Waals surface area contributed by atoms with Crippen LogP contribution in [0, 0.1) is 17.1 Å². The lowest BCUT2D eigenvalue weighted by atomic mass is 9.81. The fourth-order valence-corrected chi connectivity index (χ4v) is 4.95. The Morgan fingerprint density at radius 3 is 2.51 bits per heavy atom. The highest BCUT2D eigenvalue weighted by atomic mass is 19.1. The Labute approximate surface area is 202 Å². The Kier molecular flexibility index (Phi) is 5.49. The van der Waals surface area contributed by atoms with E-state index in [0.717, 1.165) is 44.4 Å². The molecule has 0 saturated heterocycles. The molecule has 2 heterocycles. The lowest BCUT2D eigenvalue weighted by Crippen LogP contribution is -2.22. The molecule has 0 radical (unpaired) electrons. The van der Waals surface area contributed by atoms with Crippen LogP contribution in [0.15, 0.2) is 65.7 Å². The minimum absolute atomic E-state index is 0.218. The van der Waals surface area contributed by atoms with E-state index in [1.807, 2.05) is 18.3 Å². The number of hydrogen-bond acceptors (Lipinski definition) is 3. The second kappa shape index (κ2) is 8.52. The van der Waals surface area contributed by atoms with E-state index in [9.17, 15) is 19.6 Å². The van der Waals surface area contributed by atoms with Crippen LogP contribution in [0.1, 0.15) is 53.0 Å². The number of benzene rings is 3. The van der Waals surface area contributed by atoms with Crippen molar-refractivity contribution in [2.75, 3.05) is 0 Å². The quantitative estimate of drug-likeness (QED) is 0.362. The number of aromatic carboxylic acids is 1. The number of nitriles is 1. The highest BCUT2D eigenvalue weighted by molar-refractivity contribution is 6.03. The average Bonchev–Trinajstić information content (AvgIpc) is 3.41. The van der Waals surface area contributed by atoms with Crippen molar-refractivity contribution in [3.8, 4) is 17.2 Å². The van der Waals surface area contributed by atoms with Gasteiger partial charge in [0, 0.05) is 46.8 Å². The van der Waals surface area contributed by atoms with Gasteiger partial charge in [0.05, 0.1) is 18.2 Å². The standard InChI is InChI=1S/C29H24FN3O2/c1-29(2,11-12-31)27-26(19-5-7-20(8-6-19)28(34)35)24-13-21-15-32-16-22(21)14-25(24)33(27)17-18-3-9-23(30)10-4-18/h3-10,13-14,16H,11,15,17H2,1-2H3,(H,34,35). The predicted molar refractivity (Wildman–Crippen MR) is 134 cm³/mol. The maximum absolute atomic E-state index is 13.6. The van der Waals surface area contributed by atoms with Gasteiger partial charge < -0.3 is 9.67 Å². The number of hydrogen-bond donors (Lipinski definition) is 1. The molecule has 0 unspecified atom stereocenters. The molecule has 0 bridgehead atoms. The Morgan fingerprint density at radius 1 is 1.14 bits per heavy atom. The number of aliphatic imine (C=N–C) groups is 1. The first-order valence-corrected chi connectivity index (χ1v) is 11.4. The van der Waals surface area contributed by atoms with Crippen molar-refractivity contribution in [3.05, 3.63) is 94.4 Å². The highest BCUT2D eigenvalue weighted by Gasteiger charge is 2.32. The molecule has 1 N–H and O–H groups in total. The summed E-state index contributed by atoms with van der Waals surface area (Å²) in [6.07, 6.45) is 2.18. The van der Waals surface area contributed by atoms with Crippen LogP contribution in [0.3, 0.4) is 0 Å². The molecule has 35 heavy (non-hydrogen) atoms. The molecule has 0 atom stereocenters. The van der Waals surface area contributed by atoms with Gasteiger partial charge in [0.15, 0.2) is 0 Å². The van der Waals surface area contributed by atoms with E-state index in [-0.39, 0.29) is 11.4 Å². The molecule has 0 fully saturated rings. The normalized spacial score (nSPS) is 12.6. The molecule has 3 aromatic carbocycles. The summed E-state index contributed by atoms with van der Waals surface area (Å²) in [6.45, 7) is 5.22. The van der Waals surface area contributed by atoms with Gasteiger partial charge in [-0.2, -0.15) is 5.26 Å². The van der Waals surface area contributed by atoms with E-state index in [1.54, 1.807) is 24.3 Å². The van der Waals surface area contributed by atoms with Gasteiger partial charge in [0.1, 0.15) is 5.82 Å². The fraction of sp³-hybridized carbons (Fsp3) is 0.207. The minimum atomic E-state index is -0.977. The lowest BCUT2D eigenvalue weighted by molar-refractivity contribution is 0.0697. The summed E-state index contributed by atoms with van der Waals surface area (Å²) in [6, 6.07) is 20.0. The Bertz CT molecular complexity index is 1520. The van der Waals surface area contributed by atoms with Gasteiger partial charge in [-0.25, -0.2) is 9.18 Å². The van der Waals surface area contributed by atoms with Gasteiger partial charge in [-0.15, -0.1) is 0 Å². The average molecular weight is 466 g/mol. The van der Waals surface area contributed by atoms with Crippen LogP contribution in [0.25, 0.3) is 22.0 Å². The van der Waals surface area contributed by atoms with Crippen LogP contribution in [-0.2, 0) is 18.5 Å². The summed E-state index contributed by atoms with van der Waals surface area (Å²) >= 11 is 0. The molecule has 174 valence electrons. The molecule has 0 aliphatic carbocycles. The van der Waals surface area contributed by atoms with Gasteiger partial charge >= 0.3 is 5.97 Å². The first-order valence-electron chi connectivity index (χ1n) is 11.4. The summed E-state index contributed by atoms with van der Waals surface area (Å²) in [7, 11) is 0. The van der Waals surface area contributed by atoms with E-state index in [1.165, 1.54) is 12.1 Å². The summed E-state index contributed by atoms with van der Waals surface area (Å²) in [5.74, 6) is -1.26. The van der Waals surface area contributed by atoms with Crippen molar-refractivity contribution < 1.29 is 14.3 Å². The van der Waals surface area contributed by atoms with E-state index in [4.69, 9.17) is 0 Å². The molecule has 0 amide bonds. The summed E-state index contributed by atoms with van der Waals surface area (Å²) in [5, 5.41) is 20.1. The molecule has 5 rings (SSSR count). The Morgan fingerprint density at radius 2 is 1.86 bits per heavy atom. The van der Waals surface area contributed by atoms with Gasteiger partial charge in [-0.05, 0) is 58.7 Å². The van der Waals surface area contributed by atoms with Crippen LogP contribution >= 0.6 is 0 Å². The van der Waals surface area contributed by atoms with Gasteiger partial charge in [-0.1, -0.05) is 38.1 Å². The van der Waals surface area contributed by atoms with Crippen LogP contribution in [0.5, 0.6) is 0 Å². The van der Waals surface area contributed by atoms with Crippen LogP contribution in [0.4, 0.5) is 4.39 Å². The van der Waals surface area contributed by atoms with Crippen molar-refractivity contribution in [1.82, 2.24) is 4.57 Å². The van der Waals surface area contributed by atoms with Gasteiger partial charge in [0.25, 0.3) is 0 Å². The van der Waals surface area contributed by atoms with Crippen molar-refractivity contribution >= 4 is 23.1 Å². The number of halogens is 1. The summed E-state index contributed by atoms with van der Waals surface area (Å²) < 4.78 is 15.8. The molecule has 1 aliphatic rings. The summed E-state index contributed by atoms with van der Waals surface area (Å²) in [5.41, 5.74) is 6.70. The fourth-order valence-electron chi connectivity index (χ4n) is 4.95. The summed E-state index contributed by atoms with van der Waals surface area (Å²) in [4.78, 5) is 15.9. The zero-order chi connectivity index (χ0) is 24.7. The molecule has 1 aliphatic heterocycles. The zero-order valence-corrected chi connectivity index (χ0v) is 19.5. The third-order valence-electron chi connectivity index (χ3n) is 6.65. The van der Waals surface area contributed by atoms with Gasteiger partial charge in [0.2, 0.25) is 0 Å². The third kappa shape index (κ3) is 4.00. The maximum atomic E-state index is 13.6. The van der Waals surface area contributed by atoms with Crippen molar-refractivity contribution in [1.29, 1.82) is 5.26 Å². The number of fused-ring (bicyclic) bond motifs is 2. The number of aromatic nitrogens is 1. The van der Waals surface area contributed by atoms with Crippen molar-refractivity contribution in [2.45, 2.75) is 38.8 Å². The number of carboxylic acid groups (broad SMARTS) is 1. The van der Waals surface area contributed by atoms with E-state index >= 15 is 0 Å². The lowest BCUT2D eigenvalue weighted by Gasteiger charge is -2.27. The molecule has 5 nitrogen and oxygen atoms in total. The molecular formula is C29H24FN3O2. The first-order chi connectivity index (χ1) is 16.8. The topological polar surface area (TPSA) is 78.4 Å². The zero-order valence-electron chi connectivity index (χ0n) is 19.5. The largest absolute Gasteiger partial charge is 0.478 e. The number of carboxylic acids is 1. The first kappa shape index (κ1) is 22.5. The van der Waals surface area contributed by atoms with Crippen LogP contribution < -0.4 is 0 Å². The van der Waals surface area contributed by atoms with Crippen molar-refractivity contribution in [2.24, 2.45) is 4.99 Å². The highest BCUT2D eigenvalue weighted by Crippen LogP contribution is 2.44. The minimum Gasteiger partial charge on any atom is -0.478 e. The Balaban J connectivity index is 1.83. The van der Waals surface area contributed by atoms with E-state index in [0.29, 0.717) is 19.5 Å². The SMILES string of the molecule is CC(C)(CC#N)c1c(-c2ccc(C(=O)O)cc2)c2cc3c(cc2n1Cc1ccc(F)cc1)C=NC3. The molecule has 4 aromatic rings. The van der Waals surface area contributed by atoms with Crippen LogP contribution in [0.2, 0.25) is 0 Å². The van der Waals surface area contributed by atoms with Gasteiger partial charge in [-0.3, -0.25) is 4.99 Å². The molecule has 0 saturated carbocycles. The smallest absolute Gasteiger partial charge is 0.335 e. The maximum Gasteiger partial charge on any atom is 0.335 e. The molecular weight excluding hydrogens is 441 g/mol. The predicted octanol–water partition coefficient (Wildman–Crippen LogP) is 6.32. The van der Waals surface area contributed by atoms with Crippen molar-refractivity contribution in [3.63, 3.8) is 0 Å². The second-order valence-electron chi connectivity index (χ2n) is 9.58. The monoisotopic (exact) mass is 465 g/mol. The number of carbonyl (C=O) groups is 1. The second-order valence-corrected chi connectivity index (χ2v) is 9.58. The number of nitrogens with zero attached hydrogens (tertiary/aromatic N) is 3. The number of rotatable bonds is 6. The molecule has 1 aromatic heterocycles. The Hall–Kier alpha value is -4.24. The van der Waals surface area contributed by atoms with Crippen LogP contribution in [-0.4, -0.2) is 21.9 Å².